The molecule has 4 nitrogen and oxygen atoms in total. The van der Waals surface area contributed by atoms with Crippen LogP contribution in [0.2, 0.25) is 0 Å². The van der Waals surface area contributed by atoms with Crippen LogP contribution in [0.1, 0.15) is 13.8 Å². The summed E-state index contributed by atoms with van der Waals surface area (Å²) in [6.07, 6.45) is 0. The van der Waals surface area contributed by atoms with Crippen LogP contribution in [0.5, 0.6) is 0 Å². The van der Waals surface area contributed by atoms with E-state index in [1.165, 1.54) is 0 Å². The van der Waals surface area contributed by atoms with E-state index >= 15 is 0 Å². The van der Waals surface area contributed by atoms with E-state index in [0.29, 0.717) is 12.2 Å². The minimum absolute atomic E-state index is 0.447. The van der Waals surface area contributed by atoms with E-state index in [1.807, 2.05) is 6.92 Å². The van der Waals surface area contributed by atoms with E-state index in [4.69, 9.17) is 0 Å². The van der Waals surface area contributed by atoms with Gasteiger partial charge in [-0.15, -0.1) is 0 Å². The zero-order valence-electron chi connectivity index (χ0n) is 9.90. The molecular weight excluding hydrogens is 304 g/mol. The molecular formula is C11H17BrN2O2S. The van der Waals surface area contributed by atoms with Crippen LogP contribution < -0.4 is 10.0 Å². The van der Waals surface area contributed by atoms with Gasteiger partial charge in [-0.2, -0.15) is 0 Å². The molecule has 0 bridgehead atoms. The first kappa shape index (κ1) is 14.5. The molecule has 0 aromatic heterocycles. The lowest BCUT2D eigenvalue weighted by Crippen LogP contribution is -2.34. The maximum absolute atomic E-state index is 11.9. The zero-order valence-corrected chi connectivity index (χ0v) is 12.3. The molecule has 96 valence electrons. The molecule has 0 saturated heterocycles. The first-order valence-corrected chi connectivity index (χ1v) is 7.77. The van der Waals surface area contributed by atoms with Crippen molar-refractivity contribution in [1.29, 1.82) is 0 Å². The fourth-order valence-electron chi connectivity index (χ4n) is 1.24. The van der Waals surface area contributed by atoms with Gasteiger partial charge in [-0.1, -0.05) is 22.9 Å². The number of anilines is 1. The van der Waals surface area contributed by atoms with E-state index in [2.05, 4.69) is 26.0 Å². The molecule has 1 unspecified atom stereocenters. The minimum atomic E-state index is -3.33. The number of nitrogens with one attached hydrogen (secondary N) is 2. The van der Waals surface area contributed by atoms with Crippen molar-refractivity contribution in [2.45, 2.75) is 19.1 Å². The third-order valence-electron chi connectivity index (χ3n) is 2.32. The lowest BCUT2D eigenvalue weighted by molar-refractivity contribution is 0.579. The predicted octanol–water partition coefficient (Wildman–Crippen LogP) is 2.19. The van der Waals surface area contributed by atoms with E-state index in [9.17, 15) is 8.42 Å². The van der Waals surface area contributed by atoms with Gasteiger partial charge >= 0.3 is 0 Å². The Kier molecular flexibility index (Phi) is 5.42. The number of sulfonamides is 1. The van der Waals surface area contributed by atoms with E-state index in [0.717, 1.165) is 11.0 Å². The summed E-state index contributed by atoms with van der Waals surface area (Å²) in [6, 6.07) is 7.04. The van der Waals surface area contributed by atoms with Crippen molar-refractivity contribution in [3.63, 3.8) is 0 Å². The van der Waals surface area contributed by atoms with Crippen molar-refractivity contribution in [2.75, 3.05) is 17.8 Å². The van der Waals surface area contributed by atoms with Crippen LogP contribution in [-0.4, -0.2) is 26.8 Å². The fourth-order valence-corrected chi connectivity index (χ4v) is 2.51. The van der Waals surface area contributed by atoms with E-state index in [-0.39, 0.29) is 0 Å². The summed E-state index contributed by atoms with van der Waals surface area (Å²) in [7, 11) is -3.33. The maximum atomic E-state index is 11.9. The number of rotatable bonds is 6. The smallest absolute Gasteiger partial charge is 0.236 e. The Morgan fingerprint density at radius 1 is 1.29 bits per heavy atom. The summed E-state index contributed by atoms with van der Waals surface area (Å²) < 4.78 is 27.3. The average Bonchev–Trinajstić information content (AvgIpc) is 2.28. The molecule has 0 aliphatic carbocycles. The van der Waals surface area contributed by atoms with Crippen LogP contribution in [-0.2, 0) is 10.0 Å². The van der Waals surface area contributed by atoms with Gasteiger partial charge < -0.3 is 5.32 Å². The second-order valence-electron chi connectivity index (χ2n) is 3.77. The Morgan fingerprint density at radius 2 is 1.88 bits per heavy atom. The Hall–Kier alpha value is -0.590. The molecule has 0 aliphatic rings. The third kappa shape index (κ3) is 4.65. The summed E-state index contributed by atoms with van der Waals surface area (Å²) in [6.45, 7) is 4.84. The fraction of sp³-hybridized carbons (Fsp3) is 0.455. The minimum Gasteiger partial charge on any atom is -0.316 e. The molecule has 0 spiro atoms. The van der Waals surface area contributed by atoms with Crippen molar-refractivity contribution in [3.05, 3.63) is 28.7 Å². The zero-order chi connectivity index (χ0) is 12.9. The molecule has 1 atom stereocenters. The molecule has 1 rings (SSSR count). The van der Waals surface area contributed by atoms with Crippen LogP contribution in [0.15, 0.2) is 28.7 Å². The van der Waals surface area contributed by atoms with Crippen LogP contribution in [0.25, 0.3) is 0 Å². The maximum Gasteiger partial charge on any atom is 0.236 e. The Labute approximate surface area is 111 Å². The Bertz CT molecular complexity index is 445. The number of halogens is 1. The molecule has 0 radical (unpaired) electrons. The van der Waals surface area contributed by atoms with Crippen LogP contribution in [0.4, 0.5) is 5.69 Å². The van der Waals surface area contributed by atoms with Crippen LogP contribution >= 0.6 is 15.9 Å². The molecule has 0 aliphatic heterocycles. The van der Waals surface area contributed by atoms with Gasteiger partial charge in [0.25, 0.3) is 0 Å². The van der Waals surface area contributed by atoms with Gasteiger partial charge in [0.1, 0.15) is 0 Å². The lowest BCUT2D eigenvalue weighted by Gasteiger charge is -2.15. The first-order valence-electron chi connectivity index (χ1n) is 5.43. The van der Waals surface area contributed by atoms with Gasteiger partial charge in [0.05, 0.1) is 5.25 Å². The summed E-state index contributed by atoms with van der Waals surface area (Å²) in [5.41, 5.74) is 0.580. The molecule has 2 N–H and O–H groups in total. The second-order valence-corrected chi connectivity index (χ2v) is 6.79. The molecule has 0 heterocycles. The molecule has 0 saturated carbocycles. The standard InChI is InChI=1S/C11H17BrN2O2S/c1-3-13-8-9(2)17(15,16)14-11-6-4-10(12)5-7-11/h4-7,9,13-14H,3,8H2,1-2H3. The summed E-state index contributed by atoms with van der Waals surface area (Å²) in [5, 5.41) is 2.56. The molecule has 1 aromatic carbocycles. The molecule has 6 heteroatoms. The lowest BCUT2D eigenvalue weighted by atomic mass is 10.3. The van der Waals surface area contributed by atoms with Crippen molar-refractivity contribution >= 4 is 31.6 Å². The Balaban J connectivity index is 2.69. The topological polar surface area (TPSA) is 58.2 Å². The molecule has 17 heavy (non-hydrogen) atoms. The van der Waals surface area contributed by atoms with Gasteiger partial charge in [-0.05, 0) is 37.7 Å². The first-order chi connectivity index (χ1) is 7.95. The van der Waals surface area contributed by atoms with Crippen molar-refractivity contribution in [1.82, 2.24) is 5.32 Å². The highest BCUT2D eigenvalue weighted by Gasteiger charge is 2.19. The average molecular weight is 321 g/mol. The van der Waals surface area contributed by atoms with Gasteiger partial charge in [0.2, 0.25) is 10.0 Å². The van der Waals surface area contributed by atoms with Gasteiger partial charge in [-0.3, -0.25) is 4.72 Å². The second kappa shape index (κ2) is 6.37. The highest BCUT2D eigenvalue weighted by atomic mass is 79.9. The van der Waals surface area contributed by atoms with E-state index in [1.54, 1.807) is 31.2 Å². The predicted molar refractivity (Wildman–Crippen MR) is 74.7 cm³/mol. The monoisotopic (exact) mass is 320 g/mol. The highest BCUT2D eigenvalue weighted by molar-refractivity contribution is 9.10. The largest absolute Gasteiger partial charge is 0.316 e. The third-order valence-corrected chi connectivity index (χ3v) is 4.59. The van der Waals surface area contributed by atoms with Gasteiger partial charge in [0.15, 0.2) is 0 Å². The normalized spacial score (nSPS) is 13.4. The van der Waals surface area contributed by atoms with Crippen molar-refractivity contribution in [3.8, 4) is 0 Å². The summed E-state index contributed by atoms with van der Waals surface area (Å²) in [4.78, 5) is 0. The summed E-state index contributed by atoms with van der Waals surface area (Å²) >= 11 is 3.30. The number of benzene rings is 1. The highest BCUT2D eigenvalue weighted by Crippen LogP contribution is 2.16. The van der Waals surface area contributed by atoms with Gasteiger partial charge in [0, 0.05) is 16.7 Å². The quantitative estimate of drug-likeness (QED) is 0.844. The molecule has 0 fully saturated rings. The van der Waals surface area contributed by atoms with Crippen molar-refractivity contribution < 1.29 is 8.42 Å². The van der Waals surface area contributed by atoms with Crippen LogP contribution in [0.3, 0.4) is 0 Å². The summed E-state index contributed by atoms with van der Waals surface area (Å²) in [5.74, 6) is 0. The molecule has 1 aromatic rings. The van der Waals surface area contributed by atoms with Crippen molar-refractivity contribution in [2.24, 2.45) is 0 Å². The SMILES string of the molecule is CCNCC(C)S(=O)(=O)Nc1ccc(Br)cc1. The number of hydrogen-bond acceptors (Lipinski definition) is 3. The van der Waals surface area contributed by atoms with Crippen LogP contribution in [0, 0.1) is 0 Å². The number of hydrogen-bond donors (Lipinski definition) is 2. The van der Waals surface area contributed by atoms with E-state index < -0.39 is 15.3 Å². The Morgan fingerprint density at radius 3 is 2.41 bits per heavy atom. The van der Waals surface area contributed by atoms with Gasteiger partial charge in [-0.25, -0.2) is 8.42 Å². The molecule has 0 amide bonds.